The lowest BCUT2D eigenvalue weighted by molar-refractivity contribution is -0.133. The molecule has 0 radical (unpaired) electrons. The van der Waals surface area contributed by atoms with Gasteiger partial charge in [-0.2, -0.15) is 0 Å². The normalized spacial score (nSPS) is 8.29. The lowest BCUT2D eigenvalue weighted by Crippen LogP contribution is -2.27. The van der Waals surface area contributed by atoms with Gasteiger partial charge in [-0.25, -0.2) is 9.59 Å². The standard InChI is InChI=1S/C6H9NO4.C5H5N/c1-3-11-6(10)7-4(2)5(8)9;1-2-4-6-5-3-1/h2-3H2,1H3,(H,7,10)(H,8,9);1-5H. The number of ether oxygens (including phenoxy) is 1. The maximum absolute atomic E-state index is 10.5. The number of pyridine rings is 1. The molecule has 1 rings (SSSR count). The van der Waals surface area contributed by atoms with Gasteiger partial charge in [0.2, 0.25) is 0 Å². The molecule has 0 atom stereocenters. The van der Waals surface area contributed by atoms with E-state index in [9.17, 15) is 9.59 Å². The first-order valence-corrected chi connectivity index (χ1v) is 4.79. The molecule has 0 aliphatic carbocycles. The van der Waals surface area contributed by atoms with Crippen LogP contribution in [0.2, 0.25) is 0 Å². The number of hydrogen-bond donors (Lipinski definition) is 2. The molecule has 1 heterocycles. The highest BCUT2D eigenvalue weighted by Gasteiger charge is 2.07. The van der Waals surface area contributed by atoms with Gasteiger partial charge in [-0.3, -0.25) is 10.3 Å². The van der Waals surface area contributed by atoms with Crippen LogP contribution in [0.5, 0.6) is 0 Å². The summed E-state index contributed by atoms with van der Waals surface area (Å²) in [6, 6.07) is 5.72. The van der Waals surface area contributed by atoms with Crippen molar-refractivity contribution >= 4 is 12.1 Å². The number of aromatic nitrogens is 1. The summed E-state index contributed by atoms with van der Waals surface area (Å²) in [5.74, 6) is -1.28. The number of rotatable bonds is 3. The second-order valence-electron chi connectivity index (χ2n) is 2.65. The number of hydrogen-bond acceptors (Lipinski definition) is 4. The maximum Gasteiger partial charge on any atom is 0.411 e. The highest BCUT2D eigenvalue weighted by atomic mass is 16.5. The zero-order chi connectivity index (χ0) is 13.1. The van der Waals surface area contributed by atoms with Crippen molar-refractivity contribution in [3.63, 3.8) is 0 Å². The van der Waals surface area contributed by atoms with Gasteiger partial charge in [-0.15, -0.1) is 0 Å². The summed E-state index contributed by atoms with van der Waals surface area (Å²) in [5, 5.41) is 10.2. The number of carboxylic acids is 1. The van der Waals surface area contributed by atoms with Crippen LogP contribution in [0.3, 0.4) is 0 Å². The van der Waals surface area contributed by atoms with Crippen molar-refractivity contribution in [2.75, 3.05) is 6.61 Å². The predicted molar refractivity (Wildman–Crippen MR) is 61.2 cm³/mol. The number of alkyl carbamates (subject to hydrolysis) is 1. The fourth-order valence-corrected chi connectivity index (χ4v) is 0.656. The van der Waals surface area contributed by atoms with Gasteiger partial charge in [0.1, 0.15) is 5.70 Å². The van der Waals surface area contributed by atoms with Crippen LogP contribution < -0.4 is 5.32 Å². The van der Waals surface area contributed by atoms with Crippen molar-refractivity contribution in [3.05, 3.63) is 42.9 Å². The van der Waals surface area contributed by atoms with Gasteiger partial charge in [-0.05, 0) is 19.1 Å². The number of amides is 1. The first-order valence-electron chi connectivity index (χ1n) is 4.79. The lowest BCUT2D eigenvalue weighted by Gasteiger charge is -2.02. The van der Waals surface area contributed by atoms with Gasteiger partial charge < -0.3 is 9.84 Å². The van der Waals surface area contributed by atoms with E-state index in [1.807, 2.05) is 23.5 Å². The van der Waals surface area contributed by atoms with Crippen LogP contribution in [0.4, 0.5) is 4.79 Å². The minimum atomic E-state index is -1.28. The molecule has 0 bridgehead atoms. The molecule has 0 aliphatic heterocycles. The molecule has 1 aromatic heterocycles. The van der Waals surface area contributed by atoms with Gasteiger partial charge >= 0.3 is 12.1 Å². The molecule has 0 aromatic carbocycles. The van der Waals surface area contributed by atoms with E-state index in [1.54, 1.807) is 19.3 Å². The zero-order valence-electron chi connectivity index (χ0n) is 9.42. The van der Waals surface area contributed by atoms with Crippen LogP contribution in [-0.2, 0) is 9.53 Å². The van der Waals surface area contributed by atoms with Gasteiger partial charge in [0, 0.05) is 12.4 Å². The number of carboxylic acid groups (broad SMARTS) is 1. The quantitative estimate of drug-likeness (QED) is 0.777. The largest absolute Gasteiger partial charge is 0.477 e. The Kier molecular flexibility index (Phi) is 7.66. The molecule has 0 unspecified atom stereocenters. The number of aliphatic carboxylic acids is 1. The Morgan fingerprint density at radius 3 is 2.24 bits per heavy atom. The first kappa shape index (κ1) is 14.6. The Balaban J connectivity index is 0.000000354. The van der Waals surface area contributed by atoms with Crippen molar-refractivity contribution < 1.29 is 19.4 Å². The Labute approximate surface area is 98.9 Å². The highest BCUT2D eigenvalue weighted by molar-refractivity contribution is 5.89. The molecule has 92 valence electrons. The Morgan fingerprint density at radius 2 is 1.94 bits per heavy atom. The van der Waals surface area contributed by atoms with Crippen LogP contribution >= 0.6 is 0 Å². The minimum Gasteiger partial charge on any atom is -0.477 e. The number of nitrogens with zero attached hydrogens (tertiary/aromatic N) is 1. The molecule has 0 fully saturated rings. The van der Waals surface area contributed by atoms with E-state index in [4.69, 9.17) is 5.11 Å². The summed E-state index contributed by atoms with van der Waals surface area (Å²) in [5.41, 5.74) is -0.400. The molecular weight excluding hydrogens is 224 g/mol. The van der Waals surface area contributed by atoms with E-state index in [0.717, 1.165) is 0 Å². The van der Waals surface area contributed by atoms with E-state index in [2.05, 4.69) is 16.3 Å². The maximum atomic E-state index is 10.5. The third kappa shape index (κ3) is 8.61. The summed E-state index contributed by atoms with van der Waals surface area (Å²) in [6.07, 6.45) is 2.69. The van der Waals surface area contributed by atoms with Gasteiger partial charge in [0.05, 0.1) is 6.61 Å². The molecule has 1 aromatic rings. The number of carbonyl (C=O) groups is 2. The summed E-state index contributed by atoms with van der Waals surface area (Å²) >= 11 is 0. The molecular formula is C11H14N2O4. The van der Waals surface area contributed by atoms with Crippen LogP contribution in [0.1, 0.15) is 6.92 Å². The molecule has 0 saturated heterocycles. The number of nitrogens with one attached hydrogen (secondary N) is 1. The molecule has 17 heavy (non-hydrogen) atoms. The number of carbonyl (C=O) groups excluding carboxylic acids is 1. The van der Waals surface area contributed by atoms with Crippen LogP contribution in [0.15, 0.2) is 42.9 Å². The zero-order valence-corrected chi connectivity index (χ0v) is 9.42. The van der Waals surface area contributed by atoms with Gasteiger partial charge in [0.25, 0.3) is 0 Å². The van der Waals surface area contributed by atoms with E-state index in [-0.39, 0.29) is 6.61 Å². The second kappa shape index (κ2) is 8.90. The molecule has 6 nitrogen and oxygen atoms in total. The highest BCUT2D eigenvalue weighted by Crippen LogP contribution is 1.85. The van der Waals surface area contributed by atoms with Crippen molar-refractivity contribution in [2.24, 2.45) is 0 Å². The summed E-state index contributed by atoms with van der Waals surface area (Å²) in [7, 11) is 0. The fourth-order valence-electron chi connectivity index (χ4n) is 0.656. The third-order valence-corrected chi connectivity index (χ3v) is 1.35. The van der Waals surface area contributed by atoms with Crippen molar-refractivity contribution in [1.29, 1.82) is 0 Å². The van der Waals surface area contributed by atoms with Crippen molar-refractivity contribution in [2.45, 2.75) is 6.92 Å². The van der Waals surface area contributed by atoms with E-state index in [1.165, 1.54) is 0 Å². The fraction of sp³-hybridized carbons (Fsp3) is 0.182. The van der Waals surface area contributed by atoms with Crippen LogP contribution in [0.25, 0.3) is 0 Å². The average molecular weight is 238 g/mol. The third-order valence-electron chi connectivity index (χ3n) is 1.35. The lowest BCUT2D eigenvalue weighted by atomic mass is 10.5. The molecule has 0 saturated carbocycles. The van der Waals surface area contributed by atoms with E-state index >= 15 is 0 Å². The summed E-state index contributed by atoms with van der Waals surface area (Å²) in [6.45, 7) is 4.87. The van der Waals surface area contributed by atoms with E-state index in [0.29, 0.717) is 0 Å². The first-order chi connectivity index (χ1) is 8.07. The Morgan fingerprint density at radius 1 is 1.35 bits per heavy atom. The average Bonchev–Trinajstić information content (AvgIpc) is 2.32. The molecule has 0 spiro atoms. The predicted octanol–water partition coefficient (Wildman–Crippen LogP) is 1.41. The molecule has 0 aliphatic rings. The topological polar surface area (TPSA) is 88.5 Å². The van der Waals surface area contributed by atoms with E-state index < -0.39 is 17.8 Å². The Hall–Kier alpha value is -2.37. The molecule has 6 heteroatoms. The van der Waals surface area contributed by atoms with Crippen molar-refractivity contribution in [3.8, 4) is 0 Å². The minimum absolute atomic E-state index is 0.193. The SMILES string of the molecule is C=C(NC(=O)OCC)C(=O)O.c1ccncc1. The van der Waals surface area contributed by atoms with Gasteiger partial charge in [0.15, 0.2) is 0 Å². The van der Waals surface area contributed by atoms with Crippen molar-refractivity contribution in [1.82, 2.24) is 10.3 Å². The summed E-state index contributed by atoms with van der Waals surface area (Å²) < 4.78 is 4.39. The summed E-state index contributed by atoms with van der Waals surface area (Å²) in [4.78, 5) is 24.4. The Bertz CT molecular complexity index is 338. The van der Waals surface area contributed by atoms with Crippen LogP contribution in [0, 0.1) is 0 Å². The molecule has 1 amide bonds. The van der Waals surface area contributed by atoms with Gasteiger partial charge in [-0.1, -0.05) is 12.6 Å². The smallest absolute Gasteiger partial charge is 0.411 e. The second-order valence-corrected chi connectivity index (χ2v) is 2.65. The monoisotopic (exact) mass is 238 g/mol. The van der Waals surface area contributed by atoms with Crippen LogP contribution in [-0.4, -0.2) is 28.8 Å². The molecule has 2 N–H and O–H groups in total.